The quantitative estimate of drug-likeness (QED) is 0.896. The van der Waals surface area contributed by atoms with Crippen LogP contribution in [0.25, 0.3) is 0 Å². The van der Waals surface area contributed by atoms with E-state index in [9.17, 15) is 0 Å². The zero-order valence-electron chi connectivity index (χ0n) is 9.79. The van der Waals surface area contributed by atoms with Crippen molar-refractivity contribution >= 4 is 15.9 Å². The molecular weight excluding hydrogens is 266 g/mol. The molecule has 1 fully saturated rings. The van der Waals surface area contributed by atoms with E-state index in [-0.39, 0.29) is 0 Å². The lowest BCUT2D eigenvalue weighted by Crippen LogP contribution is -2.16. The molecule has 2 unspecified atom stereocenters. The van der Waals surface area contributed by atoms with Gasteiger partial charge >= 0.3 is 0 Å². The van der Waals surface area contributed by atoms with E-state index in [4.69, 9.17) is 4.74 Å². The van der Waals surface area contributed by atoms with Gasteiger partial charge in [0.2, 0.25) is 0 Å². The smallest absolute Gasteiger partial charge is 0.133 e. The van der Waals surface area contributed by atoms with Crippen molar-refractivity contribution in [2.75, 3.05) is 20.2 Å². The normalized spacial score (nSPS) is 23.2. The van der Waals surface area contributed by atoms with E-state index in [1.165, 1.54) is 12.0 Å². The van der Waals surface area contributed by atoms with Crippen LogP contribution in [0.1, 0.15) is 24.8 Å². The van der Waals surface area contributed by atoms with E-state index >= 15 is 0 Å². The summed E-state index contributed by atoms with van der Waals surface area (Å²) in [7, 11) is 1.70. The Morgan fingerprint density at radius 3 is 2.94 bits per heavy atom. The minimum Gasteiger partial charge on any atom is -0.496 e. The molecule has 0 aliphatic heterocycles. The molecule has 1 saturated carbocycles. The van der Waals surface area contributed by atoms with E-state index in [0.717, 1.165) is 35.1 Å². The summed E-state index contributed by atoms with van der Waals surface area (Å²) in [6, 6.07) is 6.41. The summed E-state index contributed by atoms with van der Waals surface area (Å²) in [5, 5.41) is 3.41. The van der Waals surface area contributed by atoms with Crippen LogP contribution >= 0.6 is 15.9 Å². The number of nitrogens with one attached hydrogen (secondary N) is 1. The zero-order chi connectivity index (χ0) is 11.5. The van der Waals surface area contributed by atoms with Gasteiger partial charge in [-0.05, 0) is 65.0 Å². The highest BCUT2D eigenvalue weighted by Crippen LogP contribution is 2.48. The molecule has 0 saturated heterocycles. The average Bonchev–Trinajstić information content (AvgIpc) is 3.05. The van der Waals surface area contributed by atoms with Crippen LogP contribution in [-0.4, -0.2) is 20.2 Å². The van der Waals surface area contributed by atoms with Gasteiger partial charge in [-0.2, -0.15) is 0 Å². The standard InChI is InChI=1S/C13H18BrNO/c1-3-15-8-10-6-11(10)9-4-5-13(16-2)12(14)7-9/h4-5,7,10-11,15H,3,6,8H2,1-2H3. The van der Waals surface area contributed by atoms with Crippen molar-refractivity contribution in [1.29, 1.82) is 0 Å². The molecule has 0 heterocycles. The van der Waals surface area contributed by atoms with Crippen molar-refractivity contribution in [3.05, 3.63) is 28.2 Å². The topological polar surface area (TPSA) is 21.3 Å². The molecule has 0 radical (unpaired) electrons. The molecule has 3 heteroatoms. The molecule has 88 valence electrons. The van der Waals surface area contributed by atoms with E-state index in [2.05, 4.69) is 40.3 Å². The Morgan fingerprint density at radius 1 is 1.50 bits per heavy atom. The molecule has 1 N–H and O–H groups in total. The fourth-order valence-electron chi connectivity index (χ4n) is 2.12. The first-order valence-electron chi connectivity index (χ1n) is 5.80. The van der Waals surface area contributed by atoms with Gasteiger partial charge in [0, 0.05) is 0 Å². The molecule has 1 aromatic rings. The van der Waals surface area contributed by atoms with Gasteiger partial charge in [-0.25, -0.2) is 0 Å². The van der Waals surface area contributed by atoms with Crippen molar-refractivity contribution in [3.63, 3.8) is 0 Å². The molecule has 0 spiro atoms. The maximum atomic E-state index is 5.23. The number of halogens is 1. The fraction of sp³-hybridized carbons (Fsp3) is 0.538. The van der Waals surface area contributed by atoms with Crippen LogP contribution in [0.2, 0.25) is 0 Å². The number of hydrogen-bond acceptors (Lipinski definition) is 2. The summed E-state index contributed by atoms with van der Waals surface area (Å²) in [6.45, 7) is 4.36. The summed E-state index contributed by atoms with van der Waals surface area (Å²) in [6.07, 6.45) is 1.31. The van der Waals surface area contributed by atoms with E-state index < -0.39 is 0 Å². The zero-order valence-corrected chi connectivity index (χ0v) is 11.4. The monoisotopic (exact) mass is 283 g/mol. The Labute approximate surface area is 106 Å². The summed E-state index contributed by atoms with van der Waals surface area (Å²) < 4.78 is 6.29. The highest BCUT2D eigenvalue weighted by Gasteiger charge is 2.37. The van der Waals surface area contributed by atoms with Crippen LogP contribution in [0.4, 0.5) is 0 Å². The van der Waals surface area contributed by atoms with Crippen LogP contribution < -0.4 is 10.1 Å². The minimum absolute atomic E-state index is 0.737. The summed E-state index contributed by atoms with van der Waals surface area (Å²) in [5.74, 6) is 2.47. The van der Waals surface area contributed by atoms with Crippen molar-refractivity contribution in [2.24, 2.45) is 5.92 Å². The third-order valence-corrected chi connectivity index (χ3v) is 3.80. The molecule has 0 bridgehead atoms. The Hall–Kier alpha value is -0.540. The lowest BCUT2D eigenvalue weighted by atomic mass is 10.1. The van der Waals surface area contributed by atoms with Crippen LogP contribution in [0.5, 0.6) is 5.75 Å². The van der Waals surface area contributed by atoms with Gasteiger partial charge in [-0.15, -0.1) is 0 Å². The lowest BCUT2D eigenvalue weighted by Gasteiger charge is -2.06. The first-order valence-corrected chi connectivity index (χ1v) is 6.59. The Bertz CT molecular complexity index is 367. The predicted molar refractivity (Wildman–Crippen MR) is 70.1 cm³/mol. The number of methoxy groups -OCH3 is 1. The molecule has 0 aromatic heterocycles. The van der Waals surface area contributed by atoms with E-state index in [1.807, 2.05) is 6.07 Å². The van der Waals surface area contributed by atoms with Crippen molar-refractivity contribution < 1.29 is 4.74 Å². The minimum atomic E-state index is 0.737. The van der Waals surface area contributed by atoms with Crippen molar-refractivity contribution in [1.82, 2.24) is 5.32 Å². The SMILES string of the molecule is CCNCC1CC1c1ccc(OC)c(Br)c1. The van der Waals surface area contributed by atoms with Gasteiger partial charge < -0.3 is 10.1 Å². The fourth-order valence-corrected chi connectivity index (χ4v) is 2.68. The maximum absolute atomic E-state index is 5.23. The van der Waals surface area contributed by atoms with Crippen molar-refractivity contribution in [3.8, 4) is 5.75 Å². The molecule has 1 aromatic carbocycles. The number of rotatable bonds is 5. The van der Waals surface area contributed by atoms with Crippen LogP contribution in [0, 0.1) is 5.92 Å². The summed E-state index contributed by atoms with van der Waals surface area (Å²) >= 11 is 3.54. The van der Waals surface area contributed by atoms with Gasteiger partial charge in [0.05, 0.1) is 11.6 Å². The maximum Gasteiger partial charge on any atom is 0.133 e. The Kier molecular flexibility index (Phi) is 3.87. The molecule has 1 aliphatic rings. The molecule has 2 nitrogen and oxygen atoms in total. The average molecular weight is 284 g/mol. The summed E-state index contributed by atoms with van der Waals surface area (Å²) in [4.78, 5) is 0. The molecule has 2 atom stereocenters. The van der Waals surface area contributed by atoms with Gasteiger partial charge in [-0.1, -0.05) is 13.0 Å². The number of hydrogen-bond donors (Lipinski definition) is 1. The first-order chi connectivity index (χ1) is 7.76. The number of ether oxygens (including phenoxy) is 1. The Morgan fingerprint density at radius 2 is 2.31 bits per heavy atom. The predicted octanol–water partition coefficient (Wildman–Crippen LogP) is 3.17. The highest BCUT2D eigenvalue weighted by molar-refractivity contribution is 9.10. The second kappa shape index (κ2) is 5.19. The van der Waals surface area contributed by atoms with Crippen LogP contribution in [0.15, 0.2) is 22.7 Å². The second-order valence-corrected chi connectivity index (χ2v) is 5.16. The van der Waals surface area contributed by atoms with Gasteiger partial charge in [0.25, 0.3) is 0 Å². The van der Waals surface area contributed by atoms with Gasteiger partial charge in [-0.3, -0.25) is 0 Å². The molecule has 0 amide bonds. The lowest BCUT2D eigenvalue weighted by molar-refractivity contribution is 0.412. The van der Waals surface area contributed by atoms with Crippen LogP contribution in [-0.2, 0) is 0 Å². The first kappa shape index (κ1) is 11.9. The molecule has 16 heavy (non-hydrogen) atoms. The molecule has 2 rings (SSSR count). The second-order valence-electron chi connectivity index (χ2n) is 4.30. The van der Waals surface area contributed by atoms with E-state index in [1.54, 1.807) is 7.11 Å². The third kappa shape index (κ3) is 2.58. The van der Waals surface area contributed by atoms with Crippen LogP contribution in [0.3, 0.4) is 0 Å². The molecule has 1 aliphatic carbocycles. The number of benzene rings is 1. The highest BCUT2D eigenvalue weighted by atomic mass is 79.9. The van der Waals surface area contributed by atoms with Gasteiger partial charge in [0.1, 0.15) is 5.75 Å². The summed E-state index contributed by atoms with van der Waals surface area (Å²) in [5.41, 5.74) is 1.43. The van der Waals surface area contributed by atoms with Crippen molar-refractivity contribution in [2.45, 2.75) is 19.3 Å². The Balaban J connectivity index is 1.99. The van der Waals surface area contributed by atoms with E-state index in [0.29, 0.717) is 0 Å². The largest absolute Gasteiger partial charge is 0.496 e. The third-order valence-electron chi connectivity index (χ3n) is 3.18. The molecular formula is C13H18BrNO. The van der Waals surface area contributed by atoms with Gasteiger partial charge in [0.15, 0.2) is 0 Å².